The highest BCUT2D eigenvalue weighted by Crippen LogP contribution is 2.21. The maximum Gasteiger partial charge on any atom is 0.255 e. The van der Waals surface area contributed by atoms with Gasteiger partial charge in [-0.05, 0) is 49.2 Å². The number of aromatic hydroxyl groups is 1. The van der Waals surface area contributed by atoms with Gasteiger partial charge in [0, 0.05) is 10.2 Å². The predicted molar refractivity (Wildman–Crippen MR) is 92.7 cm³/mol. The fourth-order valence-corrected chi connectivity index (χ4v) is 2.39. The van der Waals surface area contributed by atoms with Gasteiger partial charge < -0.3 is 15.7 Å². The Labute approximate surface area is 142 Å². The van der Waals surface area contributed by atoms with Crippen LogP contribution in [0.4, 0.5) is 5.69 Å². The molecular formula is C17H17BrN2O3. The predicted octanol–water partition coefficient (Wildman–Crippen LogP) is 3.14. The summed E-state index contributed by atoms with van der Waals surface area (Å²) in [5, 5.41) is 14.9. The minimum atomic E-state index is -0.514. The molecule has 0 saturated carbocycles. The Morgan fingerprint density at radius 1 is 1.17 bits per heavy atom. The first-order chi connectivity index (χ1) is 10.9. The van der Waals surface area contributed by atoms with Crippen LogP contribution in [-0.4, -0.2) is 23.5 Å². The van der Waals surface area contributed by atoms with Crippen molar-refractivity contribution in [1.29, 1.82) is 0 Å². The van der Waals surface area contributed by atoms with E-state index in [-0.39, 0.29) is 23.8 Å². The number of carbonyl (C=O) groups is 2. The monoisotopic (exact) mass is 376 g/mol. The average Bonchev–Trinajstić information content (AvgIpc) is 2.52. The zero-order chi connectivity index (χ0) is 17.0. The van der Waals surface area contributed by atoms with Gasteiger partial charge in [0.1, 0.15) is 5.75 Å². The molecule has 0 heterocycles. The molecule has 23 heavy (non-hydrogen) atoms. The lowest BCUT2D eigenvalue weighted by Crippen LogP contribution is -2.33. The molecule has 6 heteroatoms. The Kier molecular flexibility index (Phi) is 5.39. The van der Waals surface area contributed by atoms with Crippen molar-refractivity contribution < 1.29 is 14.7 Å². The van der Waals surface area contributed by atoms with Crippen LogP contribution >= 0.6 is 15.9 Å². The Bertz CT molecular complexity index is 759. The van der Waals surface area contributed by atoms with Crippen LogP contribution in [0.1, 0.15) is 21.5 Å². The van der Waals surface area contributed by atoms with Crippen LogP contribution in [0.2, 0.25) is 0 Å². The molecule has 0 aliphatic carbocycles. The van der Waals surface area contributed by atoms with E-state index in [0.717, 1.165) is 16.8 Å². The third kappa shape index (κ3) is 4.32. The lowest BCUT2D eigenvalue weighted by molar-refractivity contribution is -0.115. The lowest BCUT2D eigenvalue weighted by Gasteiger charge is -2.11. The minimum absolute atomic E-state index is 0.110. The first-order valence-corrected chi connectivity index (χ1v) is 7.80. The van der Waals surface area contributed by atoms with Gasteiger partial charge in [0.05, 0.1) is 12.1 Å². The Morgan fingerprint density at radius 2 is 1.91 bits per heavy atom. The highest BCUT2D eigenvalue weighted by Gasteiger charge is 2.13. The number of phenolic OH excluding ortho intramolecular Hbond substituents is 1. The van der Waals surface area contributed by atoms with Crippen LogP contribution in [0.25, 0.3) is 0 Å². The van der Waals surface area contributed by atoms with Crippen LogP contribution in [-0.2, 0) is 4.79 Å². The van der Waals surface area contributed by atoms with Crippen molar-refractivity contribution in [3.63, 3.8) is 0 Å². The van der Waals surface area contributed by atoms with E-state index in [1.54, 1.807) is 6.07 Å². The van der Waals surface area contributed by atoms with Gasteiger partial charge in [0.25, 0.3) is 5.91 Å². The molecule has 0 aromatic heterocycles. The molecule has 2 rings (SSSR count). The van der Waals surface area contributed by atoms with Crippen molar-refractivity contribution in [2.75, 3.05) is 11.9 Å². The van der Waals surface area contributed by atoms with E-state index in [1.807, 2.05) is 32.0 Å². The summed E-state index contributed by atoms with van der Waals surface area (Å²) in [5.74, 6) is -0.984. The van der Waals surface area contributed by atoms with Crippen molar-refractivity contribution in [2.24, 2.45) is 0 Å². The van der Waals surface area contributed by atoms with E-state index in [0.29, 0.717) is 4.47 Å². The van der Waals surface area contributed by atoms with E-state index in [2.05, 4.69) is 26.6 Å². The maximum atomic E-state index is 12.0. The van der Waals surface area contributed by atoms with Gasteiger partial charge in [-0.1, -0.05) is 28.1 Å². The normalized spacial score (nSPS) is 10.2. The molecule has 0 fully saturated rings. The Hall–Kier alpha value is -2.34. The second-order valence-corrected chi connectivity index (χ2v) is 6.06. The summed E-state index contributed by atoms with van der Waals surface area (Å²) in [4.78, 5) is 24.0. The molecule has 2 amide bonds. The van der Waals surface area contributed by atoms with E-state index in [1.165, 1.54) is 12.1 Å². The fraction of sp³-hybridized carbons (Fsp3) is 0.176. The van der Waals surface area contributed by atoms with Gasteiger partial charge in [-0.2, -0.15) is 0 Å². The Balaban J connectivity index is 1.98. The number of aryl methyl sites for hydroxylation is 1. The third-order valence-electron chi connectivity index (χ3n) is 3.49. The summed E-state index contributed by atoms with van der Waals surface area (Å²) in [5.41, 5.74) is 2.89. The summed E-state index contributed by atoms with van der Waals surface area (Å²) < 4.78 is 0.667. The second kappa shape index (κ2) is 7.28. The van der Waals surface area contributed by atoms with E-state index in [9.17, 15) is 14.7 Å². The standard InChI is InChI=1S/C17H17BrN2O3/c1-10-4-3-5-14(11(10)2)20-16(22)9-19-17(23)13-8-12(18)6-7-15(13)21/h3-8,21H,9H2,1-2H3,(H,19,23)(H,20,22). The SMILES string of the molecule is Cc1cccc(NC(=O)CNC(=O)c2cc(Br)ccc2O)c1C. The van der Waals surface area contributed by atoms with Crippen molar-refractivity contribution in [2.45, 2.75) is 13.8 Å². The maximum absolute atomic E-state index is 12.0. The van der Waals surface area contributed by atoms with Crippen LogP contribution in [0.5, 0.6) is 5.75 Å². The lowest BCUT2D eigenvalue weighted by atomic mass is 10.1. The summed E-state index contributed by atoms with van der Waals surface area (Å²) in [7, 11) is 0. The van der Waals surface area contributed by atoms with Gasteiger partial charge >= 0.3 is 0 Å². The van der Waals surface area contributed by atoms with Gasteiger partial charge in [0.2, 0.25) is 5.91 Å². The van der Waals surface area contributed by atoms with Crippen LogP contribution in [0.3, 0.4) is 0 Å². The molecule has 0 bridgehead atoms. The third-order valence-corrected chi connectivity index (χ3v) is 3.98. The number of amides is 2. The zero-order valence-corrected chi connectivity index (χ0v) is 14.4. The largest absolute Gasteiger partial charge is 0.507 e. The molecule has 0 atom stereocenters. The Morgan fingerprint density at radius 3 is 2.65 bits per heavy atom. The van der Waals surface area contributed by atoms with Crippen LogP contribution < -0.4 is 10.6 Å². The molecule has 0 spiro atoms. The van der Waals surface area contributed by atoms with Gasteiger partial charge in [-0.3, -0.25) is 9.59 Å². The quantitative estimate of drug-likeness (QED) is 0.766. The number of phenols is 1. The summed E-state index contributed by atoms with van der Waals surface area (Å²) in [6, 6.07) is 10.2. The van der Waals surface area contributed by atoms with Crippen molar-refractivity contribution in [1.82, 2.24) is 5.32 Å². The number of rotatable bonds is 4. The molecule has 2 aromatic carbocycles. The minimum Gasteiger partial charge on any atom is -0.507 e. The van der Waals surface area contributed by atoms with Gasteiger partial charge in [-0.25, -0.2) is 0 Å². The fourth-order valence-electron chi connectivity index (χ4n) is 2.03. The van der Waals surface area contributed by atoms with Crippen molar-refractivity contribution >= 4 is 33.4 Å². The summed E-state index contributed by atoms with van der Waals surface area (Å²) >= 11 is 3.23. The number of carbonyl (C=O) groups excluding carboxylic acids is 2. The zero-order valence-electron chi connectivity index (χ0n) is 12.8. The first kappa shape index (κ1) is 17.0. The number of benzene rings is 2. The smallest absolute Gasteiger partial charge is 0.255 e. The average molecular weight is 377 g/mol. The second-order valence-electron chi connectivity index (χ2n) is 5.14. The first-order valence-electron chi connectivity index (χ1n) is 7.01. The highest BCUT2D eigenvalue weighted by molar-refractivity contribution is 9.10. The number of halogens is 1. The van der Waals surface area contributed by atoms with E-state index < -0.39 is 5.91 Å². The summed E-state index contributed by atoms with van der Waals surface area (Å²) in [6.07, 6.45) is 0. The molecule has 120 valence electrons. The number of hydrogen-bond acceptors (Lipinski definition) is 3. The molecule has 2 aromatic rings. The number of anilines is 1. The molecule has 0 aliphatic heterocycles. The summed E-state index contributed by atoms with van der Waals surface area (Å²) in [6.45, 7) is 3.70. The molecule has 5 nitrogen and oxygen atoms in total. The van der Waals surface area contributed by atoms with Crippen LogP contribution in [0.15, 0.2) is 40.9 Å². The highest BCUT2D eigenvalue weighted by atomic mass is 79.9. The van der Waals surface area contributed by atoms with Crippen molar-refractivity contribution in [3.05, 3.63) is 57.6 Å². The molecule has 0 unspecified atom stereocenters. The molecular weight excluding hydrogens is 360 g/mol. The molecule has 0 radical (unpaired) electrons. The molecule has 3 N–H and O–H groups in total. The van der Waals surface area contributed by atoms with Crippen molar-refractivity contribution in [3.8, 4) is 5.75 Å². The number of nitrogens with one attached hydrogen (secondary N) is 2. The molecule has 0 aliphatic rings. The molecule has 0 saturated heterocycles. The van der Waals surface area contributed by atoms with Gasteiger partial charge in [0.15, 0.2) is 0 Å². The topological polar surface area (TPSA) is 78.4 Å². The van der Waals surface area contributed by atoms with Gasteiger partial charge in [-0.15, -0.1) is 0 Å². The van der Waals surface area contributed by atoms with E-state index in [4.69, 9.17) is 0 Å². The number of hydrogen-bond donors (Lipinski definition) is 3. The van der Waals surface area contributed by atoms with Crippen LogP contribution in [0, 0.1) is 13.8 Å². The van der Waals surface area contributed by atoms with E-state index >= 15 is 0 Å².